The van der Waals surface area contributed by atoms with Gasteiger partial charge in [-0.1, -0.05) is 23.2 Å². The van der Waals surface area contributed by atoms with Gasteiger partial charge in [-0.05, 0) is 25.1 Å². The van der Waals surface area contributed by atoms with E-state index in [1.165, 1.54) is 18.2 Å². The van der Waals surface area contributed by atoms with Gasteiger partial charge in [0.25, 0.3) is 0 Å². The molecule has 1 aromatic rings. The molecule has 0 spiro atoms. The molecule has 0 amide bonds. The van der Waals surface area contributed by atoms with E-state index in [9.17, 15) is 8.42 Å². The van der Waals surface area contributed by atoms with Crippen molar-refractivity contribution in [2.75, 3.05) is 19.8 Å². The summed E-state index contributed by atoms with van der Waals surface area (Å²) in [6.45, 7) is 2.94. The Morgan fingerprint density at radius 2 is 2.00 bits per heavy atom. The van der Waals surface area contributed by atoms with Crippen molar-refractivity contribution < 1.29 is 13.2 Å². The molecule has 96 valence electrons. The number of benzene rings is 1. The SMILES string of the molecule is CCOCCNS(=O)(=O)c1ccc(Cl)c(Cl)c1. The Bertz CT molecular complexity index is 476. The van der Waals surface area contributed by atoms with Crippen molar-refractivity contribution in [3.63, 3.8) is 0 Å². The topological polar surface area (TPSA) is 55.4 Å². The first-order valence-corrected chi connectivity index (χ1v) is 7.23. The van der Waals surface area contributed by atoms with Crippen LogP contribution in [0.1, 0.15) is 6.92 Å². The normalized spacial score (nSPS) is 11.7. The highest BCUT2D eigenvalue weighted by Gasteiger charge is 2.14. The van der Waals surface area contributed by atoms with Gasteiger partial charge in [0.15, 0.2) is 0 Å². The van der Waals surface area contributed by atoms with Crippen molar-refractivity contribution in [1.29, 1.82) is 0 Å². The second-order valence-corrected chi connectivity index (χ2v) is 5.75. The number of ether oxygens (including phenoxy) is 1. The fourth-order valence-electron chi connectivity index (χ4n) is 1.12. The van der Waals surface area contributed by atoms with Crippen LogP contribution >= 0.6 is 23.2 Å². The molecule has 1 N–H and O–H groups in total. The van der Waals surface area contributed by atoms with Crippen LogP contribution < -0.4 is 4.72 Å². The molecule has 0 fully saturated rings. The number of hydrogen-bond acceptors (Lipinski definition) is 3. The van der Waals surface area contributed by atoms with Gasteiger partial charge in [0.2, 0.25) is 10.0 Å². The smallest absolute Gasteiger partial charge is 0.240 e. The van der Waals surface area contributed by atoms with Crippen LogP contribution in [0.15, 0.2) is 23.1 Å². The van der Waals surface area contributed by atoms with Gasteiger partial charge < -0.3 is 4.74 Å². The number of nitrogens with one attached hydrogen (secondary N) is 1. The molecular formula is C10H13Cl2NO3S. The van der Waals surface area contributed by atoms with Gasteiger partial charge in [-0.25, -0.2) is 13.1 Å². The maximum Gasteiger partial charge on any atom is 0.240 e. The summed E-state index contributed by atoms with van der Waals surface area (Å²) in [6.07, 6.45) is 0. The third-order valence-electron chi connectivity index (χ3n) is 1.94. The molecule has 0 heterocycles. The van der Waals surface area contributed by atoms with Crippen molar-refractivity contribution in [2.45, 2.75) is 11.8 Å². The maximum atomic E-state index is 11.8. The summed E-state index contributed by atoms with van der Waals surface area (Å²) < 4.78 is 31.0. The van der Waals surface area contributed by atoms with Crippen LogP contribution in [-0.4, -0.2) is 28.2 Å². The molecule has 0 aromatic heterocycles. The van der Waals surface area contributed by atoms with Crippen molar-refractivity contribution in [3.05, 3.63) is 28.2 Å². The Hall–Kier alpha value is -0.330. The molecule has 0 unspecified atom stereocenters. The Kier molecular flexibility index (Phi) is 5.69. The number of halogens is 2. The van der Waals surface area contributed by atoms with Gasteiger partial charge in [-0.2, -0.15) is 0 Å². The van der Waals surface area contributed by atoms with E-state index in [0.717, 1.165) is 0 Å². The molecule has 0 aliphatic carbocycles. The van der Waals surface area contributed by atoms with Crippen LogP contribution in [0.25, 0.3) is 0 Å². The van der Waals surface area contributed by atoms with E-state index in [1.807, 2.05) is 6.92 Å². The van der Waals surface area contributed by atoms with Gasteiger partial charge >= 0.3 is 0 Å². The zero-order valence-corrected chi connectivity index (χ0v) is 11.6. The molecule has 0 saturated carbocycles. The van der Waals surface area contributed by atoms with E-state index in [1.54, 1.807) is 0 Å². The lowest BCUT2D eigenvalue weighted by Gasteiger charge is -2.07. The molecule has 0 aliphatic heterocycles. The van der Waals surface area contributed by atoms with Crippen LogP contribution in [0.3, 0.4) is 0 Å². The third kappa shape index (κ3) is 4.44. The molecule has 0 aliphatic rings. The van der Waals surface area contributed by atoms with Crippen molar-refractivity contribution in [1.82, 2.24) is 4.72 Å². The number of sulfonamides is 1. The second kappa shape index (κ2) is 6.56. The monoisotopic (exact) mass is 297 g/mol. The highest BCUT2D eigenvalue weighted by molar-refractivity contribution is 7.89. The van der Waals surface area contributed by atoms with Crippen LogP contribution in [-0.2, 0) is 14.8 Å². The molecule has 1 aromatic carbocycles. The summed E-state index contributed by atoms with van der Waals surface area (Å²) in [4.78, 5) is 0.0865. The fraction of sp³-hybridized carbons (Fsp3) is 0.400. The summed E-state index contributed by atoms with van der Waals surface area (Å²) in [5.41, 5.74) is 0. The van der Waals surface area contributed by atoms with Crippen molar-refractivity contribution >= 4 is 33.2 Å². The highest BCUT2D eigenvalue weighted by Crippen LogP contribution is 2.24. The third-order valence-corrected chi connectivity index (χ3v) is 4.14. The lowest BCUT2D eigenvalue weighted by atomic mass is 10.4. The average Bonchev–Trinajstić information content (AvgIpc) is 2.28. The molecule has 1 rings (SSSR count). The lowest BCUT2D eigenvalue weighted by molar-refractivity contribution is 0.153. The van der Waals surface area contributed by atoms with E-state index >= 15 is 0 Å². The van der Waals surface area contributed by atoms with Crippen LogP contribution in [0.2, 0.25) is 10.0 Å². The minimum absolute atomic E-state index is 0.0865. The number of rotatable bonds is 6. The van der Waals surface area contributed by atoms with Crippen LogP contribution in [0.5, 0.6) is 0 Å². The quantitative estimate of drug-likeness (QED) is 0.820. The minimum Gasteiger partial charge on any atom is -0.380 e. The Labute approximate surface area is 111 Å². The fourth-order valence-corrected chi connectivity index (χ4v) is 2.52. The van der Waals surface area contributed by atoms with Crippen LogP contribution in [0, 0.1) is 0 Å². The summed E-state index contributed by atoms with van der Waals surface area (Å²) in [5.74, 6) is 0. The number of hydrogen-bond donors (Lipinski definition) is 1. The predicted octanol–water partition coefficient (Wildman–Crippen LogP) is 2.31. The standard InChI is InChI=1S/C10H13Cl2NO3S/c1-2-16-6-5-13-17(14,15)8-3-4-9(11)10(12)7-8/h3-4,7,13H,2,5-6H2,1H3. The molecule has 0 atom stereocenters. The van der Waals surface area contributed by atoms with Gasteiger partial charge in [0.1, 0.15) is 0 Å². The van der Waals surface area contributed by atoms with Crippen molar-refractivity contribution in [2.24, 2.45) is 0 Å². The van der Waals surface area contributed by atoms with E-state index in [4.69, 9.17) is 27.9 Å². The van der Waals surface area contributed by atoms with E-state index < -0.39 is 10.0 Å². The first kappa shape index (κ1) is 14.7. The first-order valence-electron chi connectivity index (χ1n) is 5.00. The van der Waals surface area contributed by atoms with E-state index in [2.05, 4.69) is 4.72 Å². The Morgan fingerprint density at radius 3 is 2.59 bits per heavy atom. The van der Waals surface area contributed by atoms with Gasteiger partial charge in [-0.15, -0.1) is 0 Å². The molecule has 4 nitrogen and oxygen atoms in total. The molecule has 0 saturated heterocycles. The lowest BCUT2D eigenvalue weighted by Crippen LogP contribution is -2.27. The molecule has 7 heteroatoms. The Balaban J connectivity index is 2.72. The largest absolute Gasteiger partial charge is 0.380 e. The summed E-state index contributed by atoms with van der Waals surface area (Å²) in [5, 5.41) is 0.527. The second-order valence-electron chi connectivity index (χ2n) is 3.17. The van der Waals surface area contributed by atoms with Crippen molar-refractivity contribution in [3.8, 4) is 0 Å². The average molecular weight is 298 g/mol. The van der Waals surface area contributed by atoms with E-state index in [0.29, 0.717) is 18.2 Å². The van der Waals surface area contributed by atoms with Gasteiger partial charge in [0, 0.05) is 13.2 Å². The maximum absolute atomic E-state index is 11.8. The van der Waals surface area contributed by atoms with Gasteiger partial charge in [0.05, 0.1) is 21.5 Å². The molecule has 0 bridgehead atoms. The zero-order chi connectivity index (χ0) is 12.9. The van der Waals surface area contributed by atoms with E-state index in [-0.39, 0.29) is 16.5 Å². The first-order chi connectivity index (χ1) is 7.97. The minimum atomic E-state index is -3.55. The summed E-state index contributed by atoms with van der Waals surface area (Å²) in [6, 6.07) is 4.16. The van der Waals surface area contributed by atoms with Crippen LogP contribution in [0.4, 0.5) is 0 Å². The Morgan fingerprint density at radius 1 is 1.29 bits per heavy atom. The molecule has 17 heavy (non-hydrogen) atoms. The molecule has 0 radical (unpaired) electrons. The zero-order valence-electron chi connectivity index (χ0n) is 9.24. The van der Waals surface area contributed by atoms with Gasteiger partial charge in [-0.3, -0.25) is 0 Å². The summed E-state index contributed by atoms with van der Waals surface area (Å²) >= 11 is 11.5. The highest BCUT2D eigenvalue weighted by atomic mass is 35.5. The predicted molar refractivity (Wildman–Crippen MR) is 68.1 cm³/mol. The molecular weight excluding hydrogens is 285 g/mol. The summed E-state index contributed by atoms with van der Waals surface area (Å²) in [7, 11) is -3.55.